The van der Waals surface area contributed by atoms with Gasteiger partial charge in [-0.2, -0.15) is 5.10 Å². The molecule has 1 N–H and O–H groups in total. The second-order valence-electron chi connectivity index (χ2n) is 8.35. The second kappa shape index (κ2) is 7.75. The smallest absolute Gasteiger partial charge is 0.157 e. The SMILES string of the molecule is CCc1nc2c(-c3ncn[nH]3)cc(N3CCCCC3)cc2n1-c1cnc2ccccc2c1. The first kappa shape index (κ1) is 19.0. The lowest BCUT2D eigenvalue weighted by molar-refractivity contribution is 0.578. The highest BCUT2D eigenvalue weighted by Gasteiger charge is 2.21. The van der Waals surface area contributed by atoms with Crippen LogP contribution in [0.25, 0.3) is 39.0 Å². The van der Waals surface area contributed by atoms with Gasteiger partial charge in [-0.1, -0.05) is 25.1 Å². The van der Waals surface area contributed by atoms with Gasteiger partial charge >= 0.3 is 0 Å². The van der Waals surface area contributed by atoms with Crippen LogP contribution in [0.2, 0.25) is 0 Å². The van der Waals surface area contributed by atoms with E-state index in [0.717, 1.165) is 64.3 Å². The van der Waals surface area contributed by atoms with Gasteiger partial charge in [-0.3, -0.25) is 14.6 Å². The number of pyridine rings is 1. The zero-order valence-corrected chi connectivity index (χ0v) is 18.1. The van der Waals surface area contributed by atoms with Crippen LogP contribution in [0.15, 0.2) is 55.0 Å². The third-order valence-corrected chi connectivity index (χ3v) is 6.36. The fraction of sp³-hybridized carbons (Fsp3) is 0.280. The number of rotatable bonds is 4. The fourth-order valence-electron chi connectivity index (χ4n) is 4.77. The van der Waals surface area contributed by atoms with Crippen LogP contribution in [0.3, 0.4) is 0 Å². The maximum Gasteiger partial charge on any atom is 0.157 e. The Hall–Kier alpha value is -3.74. The summed E-state index contributed by atoms with van der Waals surface area (Å²) in [5.41, 5.74) is 6.24. The number of imidazole rings is 1. The Kier molecular flexibility index (Phi) is 4.60. The van der Waals surface area contributed by atoms with Crippen molar-refractivity contribution < 1.29 is 0 Å². The number of nitrogens with one attached hydrogen (secondary N) is 1. The van der Waals surface area contributed by atoms with Crippen molar-refractivity contribution in [1.82, 2.24) is 29.7 Å². The zero-order valence-electron chi connectivity index (χ0n) is 18.1. The molecule has 0 radical (unpaired) electrons. The summed E-state index contributed by atoms with van der Waals surface area (Å²) in [5.74, 6) is 1.76. The number of para-hydroxylation sites is 1. The molecule has 0 bridgehead atoms. The van der Waals surface area contributed by atoms with E-state index in [1.54, 1.807) is 6.33 Å². The Morgan fingerprint density at radius 2 is 1.84 bits per heavy atom. The van der Waals surface area contributed by atoms with Gasteiger partial charge in [-0.25, -0.2) is 9.97 Å². The summed E-state index contributed by atoms with van der Waals surface area (Å²) in [4.78, 5) is 16.7. The van der Waals surface area contributed by atoms with Crippen LogP contribution >= 0.6 is 0 Å². The predicted octanol–water partition coefficient (Wildman–Crippen LogP) is 4.91. The molecule has 1 aliphatic heterocycles. The fourth-order valence-corrected chi connectivity index (χ4v) is 4.77. The minimum Gasteiger partial charge on any atom is -0.371 e. The number of hydrogen-bond donors (Lipinski definition) is 1. The number of aromatic nitrogens is 6. The molecule has 160 valence electrons. The van der Waals surface area contributed by atoms with Crippen LogP contribution in [0.1, 0.15) is 32.0 Å². The molecule has 1 aliphatic rings. The lowest BCUT2D eigenvalue weighted by Crippen LogP contribution is -2.29. The summed E-state index contributed by atoms with van der Waals surface area (Å²) in [5, 5.41) is 8.26. The van der Waals surface area contributed by atoms with Crippen LogP contribution in [-0.4, -0.2) is 42.8 Å². The highest BCUT2D eigenvalue weighted by molar-refractivity contribution is 5.95. The van der Waals surface area contributed by atoms with E-state index in [-0.39, 0.29) is 0 Å². The first-order chi connectivity index (χ1) is 15.8. The van der Waals surface area contributed by atoms with E-state index in [2.05, 4.69) is 61.9 Å². The third-order valence-electron chi connectivity index (χ3n) is 6.36. The molecule has 5 aromatic rings. The van der Waals surface area contributed by atoms with Crippen molar-refractivity contribution in [3.63, 3.8) is 0 Å². The van der Waals surface area contributed by atoms with Crippen molar-refractivity contribution in [3.05, 3.63) is 60.8 Å². The van der Waals surface area contributed by atoms with Gasteiger partial charge in [0.05, 0.1) is 22.9 Å². The number of nitrogens with zero attached hydrogens (tertiary/aromatic N) is 6. The van der Waals surface area contributed by atoms with Crippen molar-refractivity contribution in [2.24, 2.45) is 0 Å². The molecule has 7 heteroatoms. The summed E-state index contributed by atoms with van der Waals surface area (Å²) in [7, 11) is 0. The first-order valence-corrected chi connectivity index (χ1v) is 11.3. The van der Waals surface area contributed by atoms with E-state index in [4.69, 9.17) is 9.97 Å². The largest absolute Gasteiger partial charge is 0.371 e. The van der Waals surface area contributed by atoms with Gasteiger partial charge in [0.15, 0.2) is 5.82 Å². The van der Waals surface area contributed by atoms with Crippen molar-refractivity contribution in [1.29, 1.82) is 0 Å². The molecule has 1 fully saturated rings. The van der Waals surface area contributed by atoms with Crippen molar-refractivity contribution in [2.75, 3.05) is 18.0 Å². The zero-order chi connectivity index (χ0) is 21.5. The molecule has 0 saturated carbocycles. The lowest BCUT2D eigenvalue weighted by atomic mass is 10.1. The van der Waals surface area contributed by atoms with Gasteiger partial charge in [0.1, 0.15) is 17.7 Å². The topological polar surface area (TPSA) is 75.5 Å². The monoisotopic (exact) mass is 423 g/mol. The van der Waals surface area contributed by atoms with E-state index in [0.29, 0.717) is 0 Å². The van der Waals surface area contributed by atoms with Gasteiger partial charge in [-0.15, -0.1) is 0 Å². The van der Waals surface area contributed by atoms with Crippen molar-refractivity contribution in [3.8, 4) is 17.1 Å². The van der Waals surface area contributed by atoms with E-state index in [1.165, 1.54) is 24.9 Å². The average molecular weight is 424 g/mol. The summed E-state index contributed by atoms with van der Waals surface area (Å²) >= 11 is 0. The number of aryl methyl sites for hydroxylation is 1. The Bertz CT molecular complexity index is 1400. The number of aromatic amines is 1. The van der Waals surface area contributed by atoms with E-state index >= 15 is 0 Å². The normalized spacial score (nSPS) is 14.5. The van der Waals surface area contributed by atoms with Crippen LogP contribution in [0.4, 0.5) is 5.69 Å². The summed E-state index contributed by atoms with van der Waals surface area (Å²) < 4.78 is 2.25. The van der Waals surface area contributed by atoms with Crippen LogP contribution in [0, 0.1) is 0 Å². The number of benzene rings is 2. The number of hydrogen-bond acceptors (Lipinski definition) is 5. The maximum atomic E-state index is 5.06. The lowest BCUT2D eigenvalue weighted by Gasteiger charge is -2.29. The molecular formula is C25H25N7. The predicted molar refractivity (Wildman–Crippen MR) is 127 cm³/mol. The number of anilines is 1. The van der Waals surface area contributed by atoms with Gasteiger partial charge in [-0.05, 0) is 43.5 Å². The van der Waals surface area contributed by atoms with Gasteiger partial charge in [0.2, 0.25) is 0 Å². The molecule has 3 aromatic heterocycles. The molecule has 0 amide bonds. The Balaban J connectivity index is 1.62. The van der Waals surface area contributed by atoms with E-state index < -0.39 is 0 Å². The molecule has 2 aromatic carbocycles. The standard InChI is InChI=1S/C25H25N7/c1-2-23-29-24-20(25-27-16-28-30-25)13-18(31-10-6-3-7-11-31)14-22(24)32(23)19-12-17-8-4-5-9-21(17)26-15-19/h4-5,8-9,12-16H,2-3,6-7,10-11H2,1H3,(H,27,28,30). The van der Waals surface area contributed by atoms with E-state index in [1.807, 2.05) is 18.3 Å². The van der Waals surface area contributed by atoms with Crippen LogP contribution < -0.4 is 4.90 Å². The van der Waals surface area contributed by atoms with Crippen molar-refractivity contribution in [2.45, 2.75) is 32.6 Å². The third kappa shape index (κ3) is 3.12. The molecule has 0 unspecified atom stereocenters. The maximum absolute atomic E-state index is 5.06. The Morgan fingerprint density at radius 1 is 0.969 bits per heavy atom. The molecule has 6 rings (SSSR count). The van der Waals surface area contributed by atoms with Crippen molar-refractivity contribution >= 4 is 27.6 Å². The van der Waals surface area contributed by atoms with Crippen LogP contribution in [-0.2, 0) is 6.42 Å². The minimum atomic E-state index is 0.748. The van der Waals surface area contributed by atoms with E-state index in [9.17, 15) is 0 Å². The van der Waals surface area contributed by atoms with Gasteiger partial charge < -0.3 is 4.90 Å². The molecule has 1 saturated heterocycles. The average Bonchev–Trinajstić information content (AvgIpc) is 3.52. The Labute approximate surface area is 186 Å². The number of fused-ring (bicyclic) bond motifs is 2. The molecule has 7 nitrogen and oxygen atoms in total. The molecule has 0 spiro atoms. The molecule has 0 atom stereocenters. The minimum absolute atomic E-state index is 0.748. The Morgan fingerprint density at radius 3 is 2.66 bits per heavy atom. The molecular weight excluding hydrogens is 398 g/mol. The number of piperidine rings is 1. The first-order valence-electron chi connectivity index (χ1n) is 11.3. The quantitative estimate of drug-likeness (QED) is 0.444. The second-order valence-corrected chi connectivity index (χ2v) is 8.35. The summed E-state index contributed by atoms with van der Waals surface area (Å²) in [6.07, 6.45) is 8.07. The highest BCUT2D eigenvalue weighted by Crippen LogP contribution is 2.35. The van der Waals surface area contributed by atoms with Gasteiger partial charge in [0, 0.05) is 36.1 Å². The summed E-state index contributed by atoms with van der Waals surface area (Å²) in [6, 6.07) is 14.9. The number of H-pyrrole nitrogens is 1. The molecule has 4 heterocycles. The van der Waals surface area contributed by atoms with Gasteiger partial charge in [0.25, 0.3) is 0 Å². The molecule has 0 aliphatic carbocycles. The molecule has 32 heavy (non-hydrogen) atoms. The van der Waals surface area contributed by atoms with Crippen LogP contribution in [0.5, 0.6) is 0 Å². The summed E-state index contributed by atoms with van der Waals surface area (Å²) in [6.45, 7) is 4.30. The highest BCUT2D eigenvalue weighted by atomic mass is 15.2.